The van der Waals surface area contributed by atoms with Crippen molar-refractivity contribution in [1.82, 2.24) is 10.6 Å². The fraction of sp³-hybridized carbons (Fsp3) is 0.958. The van der Waals surface area contributed by atoms with E-state index in [1.54, 1.807) is 0 Å². The number of ether oxygens (including phenoxy) is 4. The zero-order valence-corrected chi connectivity index (χ0v) is 23.3. The van der Waals surface area contributed by atoms with Gasteiger partial charge in [0, 0.05) is 19.1 Å². The number of amides is 1. The van der Waals surface area contributed by atoms with Crippen molar-refractivity contribution in [2.75, 3.05) is 32.8 Å². The molecule has 17 N–H and O–H groups in total. The standard InChI is InChI=1S/C24H48N6O12/c25-2-1-12(33)22(38)30-11-5-9(26)20(41-23-10(27)6-13(34)14(39-23)7-29-3-4-31)19(37)21(11)42-24-18(36)16(28)17(35)15(8-32)40-24/h9-21,23-24,29,31-37H,1-8,25-28H2,(H,30,38)/t9-,10+,11+,12-,13-,14+,15+,16-,17+,18+,19-,20?,21-,23+,24+/m0/s1. The van der Waals surface area contributed by atoms with Gasteiger partial charge in [-0.25, -0.2) is 0 Å². The van der Waals surface area contributed by atoms with Gasteiger partial charge in [0.25, 0.3) is 0 Å². The van der Waals surface area contributed by atoms with Gasteiger partial charge < -0.3 is 88.3 Å². The monoisotopic (exact) mass is 612 g/mol. The van der Waals surface area contributed by atoms with Gasteiger partial charge in [-0.05, 0) is 25.8 Å². The van der Waals surface area contributed by atoms with Crippen molar-refractivity contribution in [2.45, 2.75) is 111 Å². The molecular weight excluding hydrogens is 564 g/mol. The molecule has 1 amide bonds. The first kappa shape index (κ1) is 35.3. The topological polar surface area (TPSA) is 324 Å². The predicted molar refractivity (Wildman–Crippen MR) is 143 cm³/mol. The Balaban J connectivity index is 1.81. The van der Waals surface area contributed by atoms with Gasteiger partial charge in [0.05, 0.1) is 43.5 Å². The summed E-state index contributed by atoms with van der Waals surface area (Å²) in [7, 11) is 0. The minimum absolute atomic E-state index is 0.0309. The molecule has 42 heavy (non-hydrogen) atoms. The van der Waals surface area contributed by atoms with Gasteiger partial charge >= 0.3 is 0 Å². The molecule has 18 nitrogen and oxygen atoms in total. The van der Waals surface area contributed by atoms with Crippen molar-refractivity contribution in [3.8, 4) is 0 Å². The van der Waals surface area contributed by atoms with Crippen LogP contribution in [0.3, 0.4) is 0 Å². The maximum absolute atomic E-state index is 12.7. The maximum atomic E-state index is 12.7. The summed E-state index contributed by atoms with van der Waals surface area (Å²) in [5.74, 6) is -0.798. The van der Waals surface area contributed by atoms with E-state index in [-0.39, 0.29) is 45.5 Å². The Hall–Kier alpha value is -1.17. The Labute approximate surface area is 243 Å². The number of rotatable bonds is 13. The molecule has 0 aromatic heterocycles. The van der Waals surface area contributed by atoms with Crippen molar-refractivity contribution >= 4 is 5.91 Å². The fourth-order valence-electron chi connectivity index (χ4n) is 5.39. The first-order valence-corrected chi connectivity index (χ1v) is 14.1. The third-order valence-electron chi connectivity index (χ3n) is 7.84. The SMILES string of the molecule is NCC[C@H](O)C(=O)N[C@@H]1C[C@H](N)C(O[C@H]2O[C@H](CNCCO)[C@@H](O)C[C@H]2N)[C@H](O)[C@H]1O[C@H]1O[C@H](CO)[C@@H](O)[C@H](N)[C@H]1O. The lowest BCUT2D eigenvalue weighted by molar-refractivity contribution is -0.316. The summed E-state index contributed by atoms with van der Waals surface area (Å²) in [5, 5.41) is 76.9. The van der Waals surface area contributed by atoms with Gasteiger partial charge in [-0.2, -0.15) is 0 Å². The van der Waals surface area contributed by atoms with E-state index in [1.165, 1.54) is 0 Å². The summed E-state index contributed by atoms with van der Waals surface area (Å²) in [5.41, 5.74) is 23.9. The highest BCUT2D eigenvalue weighted by atomic mass is 16.7. The average molecular weight is 613 g/mol. The largest absolute Gasteiger partial charge is 0.395 e. The molecule has 18 heteroatoms. The first-order chi connectivity index (χ1) is 19.9. The minimum atomic E-state index is -1.59. The first-order valence-electron chi connectivity index (χ1n) is 14.1. The molecule has 0 spiro atoms. The average Bonchev–Trinajstić information content (AvgIpc) is 2.95. The minimum Gasteiger partial charge on any atom is -0.395 e. The van der Waals surface area contributed by atoms with E-state index in [4.69, 9.17) is 47.0 Å². The van der Waals surface area contributed by atoms with E-state index in [9.17, 15) is 35.4 Å². The van der Waals surface area contributed by atoms with Crippen LogP contribution in [0, 0.1) is 0 Å². The Bertz CT molecular complexity index is 835. The lowest BCUT2D eigenvalue weighted by Crippen LogP contribution is -2.69. The second kappa shape index (κ2) is 16.2. The fourth-order valence-corrected chi connectivity index (χ4v) is 5.39. The third-order valence-corrected chi connectivity index (χ3v) is 7.84. The van der Waals surface area contributed by atoms with Gasteiger partial charge in [-0.15, -0.1) is 0 Å². The number of hydrogen-bond acceptors (Lipinski definition) is 17. The number of aliphatic hydroxyl groups excluding tert-OH is 7. The van der Waals surface area contributed by atoms with Crippen molar-refractivity contribution in [1.29, 1.82) is 0 Å². The van der Waals surface area contributed by atoms with Crippen LogP contribution >= 0.6 is 0 Å². The Morgan fingerprint density at radius 1 is 0.905 bits per heavy atom. The number of aliphatic hydroxyl groups is 7. The van der Waals surface area contributed by atoms with Crippen LogP contribution in [0.2, 0.25) is 0 Å². The molecule has 0 aromatic carbocycles. The molecule has 1 aliphatic carbocycles. The summed E-state index contributed by atoms with van der Waals surface area (Å²) >= 11 is 0. The van der Waals surface area contributed by atoms with Crippen LogP contribution in [0.1, 0.15) is 19.3 Å². The highest BCUT2D eigenvalue weighted by Gasteiger charge is 2.51. The van der Waals surface area contributed by atoms with E-state index in [0.29, 0.717) is 0 Å². The van der Waals surface area contributed by atoms with Crippen molar-refractivity contribution in [2.24, 2.45) is 22.9 Å². The molecule has 3 aliphatic rings. The number of hydrogen-bond donors (Lipinski definition) is 13. The van der Waals surface area contributed by atoms with E-state index in [1.807, 2.05) is 0 Å². The molecule has 0 bridgehead atoms. The van der Waals surface area contributed by atoms with Crippen LogP contribution in [0.5, 0.6) is 0 Å². The Morgan fingerprint density at radius 2 is 1.57 bits per heavy atom. The van der Waals surface area contributed by atoms with Crippen LogP contribution in [0.15, 0.2) is 0 Å². The number of carbonyl (C=O) groups excluding carboxylic acids is 1. The summed E-state index contributed by atoms with van der Waals surface area (Å²) in [4.78, 5) is 12.7. The summed E-state index contributed by atoms with van der Waals surface area (Å²) in [6, 6.07) is -4.02. The van der Waals surface area contributed by atoms with Gasteiger partial charge in [0.15, 0.2) is 12.6 Å². The predicted octanol–water partition coefficient (Wildman–Crippen LogP) is -7.81. The summed E-state index contributed by atoms with van der Waals surface area (Å²) in [6.07, 6.45) is -14.1. The number of carbonyl (C=O) groups is 1. The highest BCUT2D eigenvalue weighted by Crippen LogP contribution is 2.31. The molecule has 1 unspecified atom stereocenters. The van der Waals surface area contributed by atoms with Gasteiger partial charge in [0.1, 0.15) is 42.7 Å². The summed E-state index contributed by atoms with van der Waals surface area (Å²) < 4.78 is 23.3. The molecular formula is C24H48N6O12. The normalized spacial score (nSPS) is 43.6. The molecule has 2 saturated heterocycles. The van der Waals surface area contributed by atoms with Crippen molar-refractivity contribution < 1.29 is 59.5 Å². The van der Waals surface area contributed by atoms with Crippen molar-refractivity contribution in [3.63, 3.8) is 0 Å². The van der Waals surface area contributed by atoms with E-state index >= 15 is 0 Å². The molecule has 0 radical (unpaired) electrons. The molecule has 3 fully saturated rings. The molecule has 2 heterocycles. The molecule has 246 valence electrons. The molecule has 0 aromatic rings. The van der Waals surface area contributed by atoms with Crippen molar-refractivity contribution in [3.05, 3.63) is 0 Å². The lowest BCUT2D eigenvalue weighted by Gasteiger charge is -2.48. The van der Waals surface area contributed by atoms with Crippen LogP contribution in [0.25, 0.3) is 0 Å². The van der Waals surface area contributed by atoms with Crippen LogP contribution in [-0.4, -0.2) is 166 Å². The Morgan fingerprint density at radius 3 is 2.21 bits per heavy atom. The van der Waals surface area contributed by atoms with Crippen LogP contribution in [0.4, 0.5) is 0 Å². The lowest BCUT2D eigenvalue weighted by atomic mass is 9.83. The smallest absolute Gasteiger partial charge is 0.249 e. The highest BCUT2D eigenvalue weighted by molar-refractivity contribution is 5.80. The molecule has 1 saturated carbocycles. The molecule has 3 rings (SSSR count). The van der Waals surface area contributed by atoms with E-state index in [0.717, 1.165) is 0 Å². The van der Waals surface area contributed by atoms with Crippen LogP contribution in [-0.2, 0) is 23.7 Å². The quantitative estimate of drug-likeness (QED) is 0.0858. The van der Waals surface area contributed by atoms with E-state index < -0.39 is 104 Å². The van der Waals surface area contributed by atoms with Gasteiger partial charge in [-0.3, -0.25) is 4.79 Å². The summed E-state index contributed by atoms with van der Waals surface area (Å²) in [6.45, 7) is -0.262. The molecule has 15 atom stereocenters. The second-order valence-corrected chi connectivity index (χ2v) is 11.0. The maximum Gasteiger partial charge on any atom is 0.249 e. The van der Waals surface area contributed by atoms with E-state index in [2.05, 4.69) is 10.6 Å². The number of nitrogens with two attached hydrogens (primary N) is 4. The van der Waals surface area contributed by atoms with Crippen LogP contribution < -0.4 is 33.6 Å². The van der Waals surface area contributed by atoms with Gasteiger partial charge in [-0.1, -0.05) is 0 Å². The Kier molecular flexibility index (Phi) is 13.6. The third kappa shape index (κ3) is 8.51. The zero-order valence-electron chi connectivity index (χ0n) is 23.3. The van der Waals surface area contributed by atoms with Gasteiger partial charge in [0.2, 0.25) is 5.91 Å². The number of nitrogens with one attached hydrogen (secondary N) is 2. The molecule has 2 aliphatic heterocycles. The zero-order chi connectivity index (χ0) is 31.1. The second-order valence-electron chi connectivity index (χ2n) is 11.0.